The highest BCUT2D eigenvalue weighted by molar-refractivity contribution is 8.06. The highest BCUT2D eigenvalue weighted by Gasteiger charge is 2.22. The molecule has 0 bridgehead atoms. The number of carbonyl (C=O) groups excluding carboxylic acids is 1. The highest BCUT2D eigenvalue weighted by Crippen LogP contribution is 2.32. The lowest BCUT2D eigenvalue weighted by Gasteiger charge is -2.20. The molecule has 1 aliphatic heterocycles. The molecule has 0 atom stereocenters. The van der Waals surface area contributed by atoms with Crippen LogP contribution in [-0.4, -0.2) is 26.8 Å². The molecule has 0 radical (unpaired) electrons. The fourth-order valence-electron chi connectivity index (χ4n) is 3.02. The predicted octanol–water partition coefficient (Wildman–Crippen LogP) is 6.14. The third kappa shape index (κ3) is 4.31. The maximum absolute atomic E-state index is 12.7. The Bertz CT molecular complexity index is 1210. The first-order valence-electron chi connectivity index (χ1n) is 9.48. The monoisotopic (exact) mass is 422 g/mol. The van der Waals surface area contributed by atoms with E-state index in [1.165, 1.54) is 0 Å². The number of hydrogen-bond donors (Lipinski definition) is 2. The number of pyridine rings is 1. The molecule has 0 saturated carbocycles. The fraction of sp³-hybridized carbons (Fsp3) is 0.174. The molecule has 2 aromatic heterocycles. The van der Waals surface area contributed by atoms with E-state index in [1.807, 2.05) is 56.5 Å². The minimum Gasteiger partial charge on any atom is -0.456 e. The van der Waals surface area contributed by atoms with Crippen molar-refractivity contribution in [1.29, 1.82) is 0 Å². The second-order valence-corrected chi connectivity index (χ2v) is 8.81. The van der Waals surface area contributed by atoms with Gasteiger partial charge < -0.3 is 10.1 Å². The molecule has 6 nitrogen and oxygen atoms in total. The van der Waals surface area contributed by atoms with Crippen LogP contribution in [0.3, 0.4) is 0 Å². The summed E-state index contributed by atoms with van der Waals surface area (Å²) in [6, 6.07) is 9.28. The molecule has 1 aromatic carbocycles. The van der Waals surface area contributed by atoms with Crippen molar-refractivity contribution in [2.75, 3.05) is 5.32 Å². The molecule has 3 heterocycles. The fourth-order valence-corrected chi connectivity index (χ4v) is 3.78. The number of aromatic nitrogens is 3. The number of thioether (sulfide) groups is 1. The highest BCUT2D eigenvalue weighted by atomic mass is 32.2. The molecule has 156 valence electrons. The van der Waals surface area contributed by atoms with Crippen molar-refractivity contribution < 1.29 is 12.4 Å². The van der Waals surface area contributed by atoms with Crippen LogP contribution in [0.15, 0.2) is 71.3 Å². The minimum absolute atomic E-state index is 0. The second-order valence-electron chi connectivity index (χ2n) is 7.86. The molecule has 0 spiro atoms. The smallest absolute Gasteiger partial charge is 0.340 e. The van der Waals surface area contributed by atoms with Crippen LogP contribution in [-0.2, 0) is 4.74 Å². The minimum atomic E-state index is -0.584. The zero-order chi connectivity index (χ0) is 21.3. The largest absolute Gasteiger partial charge is 0.456 e. The van der Waals surface area contributed by atoms with Gasteiger partial charge in [0, 0.05) is 20.0 Å². The Morgan fingerprint density at radius 2 is 2.13 bits per heavy atom. The van der Waals surface area contributed by atoms with Crippen molar-refractivity contribution in [1.82, 2.24) is 15.2 Å². The van der Waals surface area contributed by atoms with Crippen molar-refractivity contribution >= 4 is 34.5 Å². The van der Waals surface area contributed by atoms with Gasteiger partial charge in [0.25, 0.3) is 0 Å². The molecular formula is C23H26N4O2S. The molecule has 30 heavy (non-hydrogen) atoms. The van der Waals surface area contributed by atoms with Crippen LogP contribution in [0.1, 0.15) is 34.0 Å². The Balaban J connectivity index is 0.00000181. The zero-order valence-electron chi connectivity index (χ0n) is 17.0. The third-order valence-electron chi connectivity index (χ3n) is 4.30. The summed E-state index contributed by atoms with van der Waals surface area (Å²) in [6.45, 7) is 9.50. The first kappa shape index (κ1) is 20.0. The van der Waals surface area contributed by atoms with Gasteiger partial charge in [-0.1, -0.05) is 24.4 Å². The van der Waals surface area contributed by atoms with Crippen molar-refractivity contribution in [2.45, 2.75) is 26.4 Å². The van der Waals surface area contributed by atoms with Crippen LogP contribution in [0.25, 0.3) is 22.2 Å². The van der Waals surface area contributed by atoms with Crippen LogP contribution in [0.2, 0.25) is 0 Å². The van der Waals surface area contributed by atoms with Crippen LogP contribution in [0.5, 0.6) is 0 Å². The van der Waals surface area contributed by atoms with Gasteiger partial charge in [0.2, 0.25) is 0 Å². The van der Waals surface area contributed by atoms with E-state index in [2.05, 4.69) is 27.1 Å². The van der Waals surface area contributed by atoms with Crippen molar-refractivity contribution in [3.05, 3.63) is 76.8 Å². The van der Waals surface area contributed by atoms with E-state index in [0.29, 0.717) is 17.1 Å². The van der Waals surface area contributed by atoms with Crippen LogP contribution >= 0.6 is 11.8 Å². The van der Waals surface area contributed by atoms with E-state index in [4.69, 9.17) is 4.74 Å². The summed E-state index contributed by atoms with van der Waals surface area (Å²) < 4.78 is 5.56. The summed E-state index contributed by atoms with van der Waals surface area (Å²) in [5, 5.41) is 14.6. The number of H-pyrrole nitrogens is 1. The van der Waals surface area contributed by atoms with Crippen LogP contribution < -0.4 is 5.32 Å². The van der Waals surface area contributed by atoms with Gasteiger partial charge in [0.15, 0.2) is 5.82 Å². The summed E-state index contributed by atoms with van der Waals surface area (Å²) >= 11 is 1.57. The normalized spacial score (nSPS) is 14.0. The average molecular weight is 423 g/mol. The Morgan fingerprint density at radius 3 is 2.90 bits per heavy atom. The maximum atomic E-state index is 12.7. The molecule has 0 saturated heterocycles. The van der Waals surface area contributed by atoms with E-state index < -0.39 is 11.6 Å². The number of anilines is 1. The standard InChI is InChI=1S/C23H22N4O2S.2H2/c1-14-9-11-30-19(12-14)25-21-17-13-15(7-8-18(17)26-27-21)20-16(6-5-10-24-20)22(28)29-23(2,3)4;;/h5-13H,1H2,2-4H3,(H2,25,26,27);2*1H. The average Bonchev–Trinajstić information content (AvgIpc) is 3.09. The third-order valence-corrected chi connectivity index (χ3v) is 5.04. The number of benzene rings is 1. The number of ether oxygens (including phenoxy) is 1. The number of carbonyl (C=O) groups is 1. The van der Waals surface area contributed by atoms with Gasteiger partial charge in [-0.05, 0) is 68.2 Å². The Hall–Kier alpha value is -3.32. The van der Waals surface area contributed by atoms with Gasteiger partial charge >= 0.3 is 5.97 Å². The van der Waals surface area contributed by atoms with Gasteiger partial charge in [-0.15, -0.1) is 0 Å². The molecule has 7 heteroatoms. The number of fused-ring (bicyclic) bond motifs is 1. The molecule has 3 aromatic rings. The molecule has 1 aliphatic rings. The number of nitrogens with one attached hydrogen (secondary N) is 2. The summed E-state index contributed by atoms with van der Waals surface area (Å²) in [7, 11) is 0. The van der Waals surface area contributed by atoms with Gasteiger partial charge in [0.1, 0.15) is 5.60 Å². The molecule has 4 rings (SSSR count). The first-order chi connectivity index (χ1) is 14.3. The van der Waals surface area contributed by atoms with Gasteiger partial charge in [-0.2, -0.15) is 5.10 Å². The zero-order valence-corrected chi connectivity index (χ0v) is 17.8. The van der Waals surface area contributed by atoms with Gasteiger partial charge in [-0.25, -0.2) is 4.79 Å². The second kappa shape index (κ2) is 7.84. The molecule has 0 fully saturated rings. The van der Waals surface area contributed by atoms with Crippen molar-refractivity contribution in [3.63, 3.8) is 0 Å². The first-order valence-corrected chi connectivity index (χ1v) is 10.4. The number of esters is 1. The molecule has 0 aliphatic carbocycles. The van der Waals surface area contributed by atoms with E-state index in [9.17, 15) is 4.79 Å². The van der Waals surface area contributed by atoms with Crippen molar-refractivity contribution in [3.8, 4) is 11.3 Å². The lowest BCUT2D eigenvalue weighted by atomic mass is 10.0. The topological polar surface area (TPSA) is 79.9 Å². The number of aromatic amines is 1. The number of hydrogen-bond acceptors (Lipinski definition) is 6. The number of nitrogens with zero attached hydrogens (tertiary/aromatic N) is 2. The number of allylic oxidation sites excluding steroid dienone is 3. The number of rotatable bonds is 4. The van der Waals surface area contributed by atoms with Crippen molar-refractivity contribution in [2.24, 2.45) is 0 Å². The maximum Gasteiger partial charge on any atom is 0.340 e. The quantitative estimate of drug-likeness (QED) is 0.492. The predicted molar refractivity (Wildman–Crippen MR) is 126 cm³/mol. The molecule has 0 unspecified atom stereocenters. The Morgan fingerprint density at radius 1 is 1.30 bits per heavy atom. The van der Waals surface area contributed by atoms with E-state index in [-0.39, 0.29) is 2.85 Å². The van der Waals surface area contributed by atoms with Gasteiger partial charge in [-0.3, -0.25) is 10.1 Å². The van der Waals surface area contributed by atoms with E-state index >= 15 is 0 Å². The van der Waals surface area contributed by atoms with Crippen LogP contribution in [0, 0.1) is 0 Å². The van der Waals surface area contributed by atoms with Gasteiger partial charge in [0.05, 0.1) is 21.8 Å². The molecular weight excluding hydrogens is 396 g/mol. The lowest BCUT2D eigenvalue weighted by Crippen LogP contribution is -2.24. The van der Waals surface area contributed by atoms with E-state index in [0.717, 1.165) is 27.1 Å². The molecule has 2 N–H and O–H groups in total. The molecule has 0 amide bonds. The lowest BCUT2D eigenvalue weighted by molar-refractivity contribution is 0.00701. The SMILES string of the molecule is C=C1C=CSC(Nc2n[nH]c3ccc(-c4ncccc4C(=O)OC(C)(C)C)cc23)=C1.[HH].[HH]. The van der Waals surface area contributed by atoms with Crippen LogP contribution in [0.4, 0.5) is 5.82 Å². The summed E-state index contributed by atoms with van der Waals surface area (Å²) in [5.41, 5.74) is 3.03. The Kier molecular flexibility index (Phi) is 5.22. The summed E-state index contributed by atoms with van der Waals surface area (Å²) in [5.74, 6) is 0.300. The Labute approximate surface area is 182 Å². The summed E-state index contributed by atoms with van der Waals surface area (Å²) in [4.78, 5) is 17.2. The summed E-state index contributed by atoms with van der Waals surface area (Å²) in [6.07, 6.45) is 5.59. The van der Waals surface area contributed by atoms with E-state index in [1.54, 1.807) is 30.1 Å².